The zero-order chi connectivity index (χ0) is 22.8. The lowest BCUT2D eigenvalue weighted by Crippen LogP contribution is -2.38. The lowest BCUT2D eigenvalue weighted by atomic mass is 9.84. The molecule has 0 unspecified atom stereocenters. The van der Waals surface area contributed by atoms with E-state index in [0.717, 1.165) is 25.7 Å². The van der Waals surface area contributed by atoms with Crippen LogP contribution in [-0.2, 0) is 4.79 Å². The smallest absolute Gasteiger partial charge is 0.294 e. The van der Waals surface area contributed by atoms with E-state index in [1.54, 1.807) is 30.6 Å². The van der Waals surface area contributed by atoms with E-state index in [9.17, 15) is 9.59 Å². The number of pyridine rings is 2. The van der Waals surface area contributed by atoms with Gasteiger partial charge in [-0.05, 0) is 69.8 Å². The predicted octanol–water partition coefficient (Wildman–Crippen LogP) is 4.72. The summed E-state index contributed by atoms with van der Waals surface area (Å²) >= 11 is 5.87. The number of carbonyl (C=O) groups excluding carboxylic acids is 2. The van der Waals surface area contributed by atoms with Gasteiger partial charge in [-0.3, -0.25) is 14.6 Å². The van der Waals surface area contributed by atoms with E-state index in [4.69, 9.17) is 16.0 Å². The van der Waals surface area contributed by atoms with E-state index in [2.05, 4.69) is 25.5 Å². The second kappa shape index (κ2) is 9.49. The number of nitrogens with one attached hydrogen (secondary N) is 2. The highest BCUT2D eigenvalue weighted by atomic mass is 35.5. The number of rotatable bonds is 5. The fraction of sp³-hybridized carbons (Fsp3) is 0.417. The van der Waals surface area contributed by atoms with Crippen LogP contribution in [0.15, 0.2) is 41.2 Å². The van der Waals surface area contributed by atoms with Crippen LogP contribution in [0.1, 0.15) is 49.1 Å². The summed E-state index contributed by atoms with van der Waals surface area (Å²) in [6.07, 6.45) is 10.9. The van der Waals surface area contributed by atoms with Crippen molar-refractivity contribution in [2.45, 2.75) is 44.6 Å². The van der Waals surface area contributed by atoms with Crippen molar-refractivity contribution in [3.8, 4) is 0 Å². The summed E-state index contributed by atoms with van der Waals surface area (Å²) in [6.45, 7) is 2.35. The molecule has 1 aliphatic heterocycles. The van der Waals surface area contributed by atoms with Gasteiger partial charge in [-0.1, -0.05) is 11.6 Å². The summed E-state index contributed by atoms with van der Waals surface area (Å²) in [5.74, 6) is -0.317. The molecule has 1 saturated carbocycles. The molecule has 1 saturated heterocycles. The summed E-state index contributed by atoms with van der Waals surface area (Å²) in [4.78, 5) is 36.9. The molecule has 2 amide bonds. The molecule has 1 aliphatic carbocycles. The van der Waals surface area contributed by atoms with E-state index < -0.39 is 5.91 Å². The Hall–Kier alpha value is -2.97. The van der Waals surface area contributed by atoms with E-state index in [0.29, 0.717) is 33.5 Å². The second-order valence-electron chi connectivity index (χ2n) is 8.73. The molecule has 0 spiro atoms. The van der Waals surface area contributed by atoms with Crippen LogP contribution in [0.4, 0.5) is 11.5 Å². The molecule has 5 rings (SSSR count). The number of hydrogen-bond acceptors (Lipinski definition) is 6. The van der Waals surface area contributed by atoms with Gasteiger partial charge < -0.3 is 20.0 Å². The van der Waals surface area contributed by atoms with Crippen molar-refractivity contribution < 1.29 is 14.0 Å². The van der Waals surface area contributed by atoms with Crippen molar-refractivity contribution in [3.05, 3.63) is 47.6 Å². The molecular weight excluding hydrogens is 442 g/mol. The zero-order valence-corrected chi connectivity index (χ0v) is 19.0. The van der Waals surface area contributed by atoms with Gasteiger partial charge in [0, 0.05) is 30.6 Å². The number of anilines is 2. The van der Waals surface area contributed by atoms with Crippen LogP contribution in [0.5, 0.6) is 0 Å². The van der Waals surface area contributed by atoms with Gasteiger partial charge in [-0.2, -0.15) is 0 Å². The number of likely N-dealkylation sites (tertiary alicyclic amines) is 1. The minimum Gasteiger partial charge on any atom is -0.448 e. The molecule has 0 bridgehead atoms. The minimum atomic E-state index is -0.505. The molecule has 2 N–H and O–H groups in total. The van der Waals surface area contributed by atoms with Crippen LogP contribution >= 0.6 is 11.6 Å². The van der Waals surface area contributed by atoms with Gasteiger partial charge in [0.2, 0.25) is 11.7 Å². The van der Waals surface area contributed by atoms with E-state index in [1.165, 1.54) is 32.1 Å². The van der Waals surface area contributed by atoms with Crippen molar-refractivity contribution >= 4 is 45.9 Å². The first kappa shape index (κ1) is 21.9. The molecule has 3 aromatic rings. The maximum Gasteiger partial charge on any atom is 0.294 e. The van der Waals surface area contributed by atoms with Crippen molar-refractivity contribution in [2.75, 3.05) is 23.7 Å². The maximum absolute atomic E-state index is 13.2. The van der Waals surface area contributed by atoms with Crippen molar-refractivity contribution in [1.29, 1.82) is 0 Å². The monoisotopic (exact) mass is 467 g/mol. The lowest BCUT2D eigenvalue weighted by molar-refractivity contribution is -0.121. The van der Waals surface area contributed by atoms with E-state index in [1.807, 2.05) is 0 Å². The zero-order valence-electron chi connectivity index (χ0n) is 18.2. The van der Waals surface area contributed by atoms with Gasteiger partial charge in [-0.15, -0.1) is 0 Å². The van der Waals surface area contributed by atoms with Crippen molar-refractivity contribution in [3.63, 3.8) is 0 Å². The Morgan fingerprint density at radius 1 is 1.03 bits per heavy atom. The molecular formula is C24H26ClN5O3. The Balaban J connectivity index is 1.32. The number of halogens is 1. The van der Waals surface area contributed by atoms with Crippen LogP contribution in [0.3, 0.4) is 0 Å². The molecule has 0 atom stereocenters. The molecule has 33 heavy (non-hydrogen) atoms. The fourth-order valence-corrected chi connectivity index (χ4v) is 5.00. The lowest BCUT2D eigenvalue weighted by Gasteiger charge is -2.33. The highest BCUT2D eigenvalue weighted by Crippen LogP contribution is 2.34. The topological polar surface area (TPSA) is 100 Å². The molecule has 172 valence electrons. The van der Waals surface area contributed by atoms with Crippen molar-refractivity contribution in [2.24, 2.45) is 5.92 Å². The normalized spacial score (nSPS) is 21.2. The Bertz CT molecular complexity index is 1150. The largest absolute Gasteiger partial charge is 0.448 e. The fourth-order valence-electron chi connectivity index (χ4n) is 4.88. The summed E-state index contributed by atoms with van der Waals surface area (Å²) in [5, 5.41) is 6.73. The van der Waals surface area contributed by atoms with E-state index in [-0.39, 0.29) is 17.6 Å². The Kier molecular flexibility index (Phi) is 6.28. The number of hydrogen-bond donors (Lipinski definition) is 2. The molecule has 0 aromatic carbocycles. The number of aromatic nitrogens is 2. The average Bonchev–Trinajstić information content (AvgIpc) is 3.50. The first-order valence-corrected chi connectivity index (χ1v) is 11.8. The highest BCUT2D eigenvalue weighted by Gasteiger charge is 2.32. The average molecular weight is 468 g/mol. The summed E-state index contributed by atoms with van der Waals surface area (Å²) in [5.41, 5.74) is 0.823. The molecule has 4 heterocycles. The van der Waals surface area contributed by atoms with Crippen LogP contribution in [0.25, 0.3) is 11.0 Å². The Morgan fingerprint density at radius 3 is 2.55 bits per heavy atom. The standard InChI is InChI=1S/C24H26ClN5O3/c25-16-5-8-20(27-13-16)28-24(32)22-21(18-14-26-10-9-19(18)33-22)29-23(31)15-3-6-17(7-4-15)30-11-1-2-12-30/h5,8-10,13-15,17H,1-4,6-7,11-12H2,(H,29,31)(H,27,28,32). The molecule has 3 aromatic heterocycles. The summed E-state index contributed by atoms with van der Waals surface area (Å²) in [6, 6.07) is 5.49. The third-order valence-electron chi connectivity index (χ3n) is 6.64. The van der Waals surface area contributed by atoms with Gasteiger partial charge in [0.15, 0.2) is 0 Å². The third kappa shape index (κ3) is 4.72. The van der Waals surface area contributed by atoms with Crippen LogP contribution < -0.4 is 10.6 Å². The van der Waals surface area contributed by atoms with E-state index >= 15 is 0 Å². The SMILES string of the molecule is O=C(Nc1ccc(Cl)cn1)c1oc2ccncc2c1NC(=O)C1CCC(N2CCCC2)CC1. The first-order chi connectivity index (χ1) is 16.1. The number of carbonyl (C=O) groups is 2. The number of furan rings is 1. The summed E-state index contributed by atoms with van der Waals surface area (Å²) in [7, 11) is 0. The van der Waals surface area contributed by atoms with Gasteiger partial charge in [0.05, 0.1) is 10.4 Å². The van der Waals surface area contributed by atoms with Gasteiger partial charge >= 0.3 is 0 Å². The Labute approximate surface area is 196 Å². The number of fused-ring (bicyclic) bond motifs is 1. The van der Waals surface area contributed by atoms with Gasteiger partial charge in [0.1, 0.15) is 17.1 Å². The molecule has 8 nitrogen and oxygen atoms in total. The molecule has 9 heteroatoms. The third-order valence-corrected chi connectivity index (χ3v) is 6.86. The second-order valence-corrected chi connectivity index (χ2v) is 9.17. The molecule has 2 fully saturated rings. The molecule has 0 radical (unpaired) electrons. The van der Waals surface area contributed by atoms with Crippen LogP contribution in [0.2, 0.25) is 5.02 Å². The highest BCUT2D eigenvalue weighted by molar-refractivity contribution is 6.30. The number of nitrogens with zero attached hydrogens (tertiary/aromatic N) is 3. The predicted molar refractivity (Wildman–Crippen MR) is 126 cm³/mol. The molecule has 2 aliphatic rings. The Morgan fingerprint density at radius 2 is 1.82 bits per heavy atom. The minimum absolute atomic E-state index is 0.0221. The first-order valence-electron chi connectivity index (χ1n) is 11.4. The van der Waals surface area contributed by atoms with Gasteiger partial charge in [-0.25, -0.2) is 4.98 Å². The van der Waals surface area contributed by atoms with Crippen LogP contribution in [-0.4, -0.2) is 45.8 Å². The van der Waals surface area contributed by atoms with Crippen molar-refractivity contribution in [1.82, 2.24) is 14.9 Å². The van der Waals surface area contributed by atoms with Crippen LogP contribution in [0, 0.1) is 5.92 Å². The maximum atomic E-state index is 13.2. The summed E-state index contributed by atoms with van der Waals surface area (Å²) < 4.78 is 5.80. The number of amides is 2. The quantitative estimate of drug-likeness (QED) is 0.563. The van der Waals surface area contributed by atoms with Gasteiger partial charge in [0.25, 0.3) is 5.91 Å².